The lowest BCUT2D eigenvalue weighted by Gasteiger charge is -2.43. The van der Waals surface area contributed by atoms with Crippen LogP contribution in [0.1, 0.15) is 25.6 Å². The van der Waals surface area contributed by atoms with E-state index in [1.807, 2.05) is 42.6 Å². The highest BCUT2D eigenvalue weighted by atomic mass is 32.2. The Labute approximate surface area is 176 Å². The lowest BCUT2D eigenvalue weighted by molar-refractivity contribution is -0.126. The average molecular weight is 429 g/mol. The van der Waals surface area contributed by atoms with Gasteiger partial charge in [0.05, 0.1) is 23.2 Å². The van der Waals surface area contributed by atoms with Crippen LogP contribution >= 0.6 is 23.1 Å². The summed E-state index contributed by atoms with van der Waals surface area (Å²) in [5, 5.41) is 16.8. The molecule has 0 unspecified atom stereocenters. The van der Waals surface area contributed by atoms with Crippen LogP contribution in [-0.2, 0) is 16.1 Å². The van der Waals surface area contributed by atoms with E-state index in [9.17, 15) is 9.59 Å². The normalized spacial score (nSPS) is 16.2. The first kappa shape index (κ1) is 19.6. The fourth-order valence-electron chi connectivity index (χ4n) is 3.17. The minimum atomic E-state index is -1.01. The molecular weight excluding hydrogens is 408 g/mol. The van der Waals surface area contributed by atoms with Gasteiger partial charge in [0.2, 0.25) is 17.0 Å². The second kappa shape index (κ2) is 7.60. The smallest absolute Gasteiger partial charge is 0.250 e. The van der Waals surface area contributed by atoms with Gasteiger partial charge in [-0.25, -0.2) is 4.68 Å². The maximum Gasteiger partial charge on any atom is 0.250 e. The monoisotopic (exact) mass is 428 g/mol. The summed E-state index contributed by atoms with van der Waals surface area (Å²) in [6, 6.07) is 11.3. The quantitative estimate of drug-likeness (QED) is 0.628. The minimum absolute atomic E-state index is 0.173. The van der Waals surface area contributed by atoms with Crippen LogP contribution in [0.2, 0.25) is 0 Å². The van der Waals surface area contributed by atoms with Crippen molar-refractivity contribution in [2.24, 2.45) is 0 Å². The van der Waals surface area contributed by atoms with Crippen molar-refractivity contribution in [3.05, 3.63) is 46.7 Å². The van der Waals surface area contributed by atoms with Gasteiger partial charge in [0.1, 0.15) is 5.54 Å². The van der Waals surface area contributed by atoms with Crippen LogP contribution in [0.4, 0.5) is 11.4 Å². The highest BCUT2D eigenvalue weighted by Crippen LogP contribution is 2.38. The molecule has 1 aliphatic rings. The van der Waals surface area contributed by atoms with E-state index >= 15 is 0 Å². The zero-order valence-corrected chi connectivity index (χ0v) is 17.8. The standard InChI is InChI=1S/C19H20N6O2S2/c1-12(29-18-21-22-23-24(18)11-13-7-6-10-28-13)16(26)25-15-9-5-4-8-14(15)20-17(27)19(25,2)3/h4-10,12H,11H2,1-3H3,(H,20,27)/t12-/m1/s1. The Hall–Kier alpha value is -2.72. The summed E-state index contributed by atoms with van der Waals surface area (Å²) in [5.41, 5.74) is 0.306. The molecule has 2 aromatic heterocycles. The van der Waals surface area contributed by atoms with E-state index in [2.05, 4.69) is 20.8 Å². The number of aromatic nitrogens is 4. The second-order valence-electron chi connectivity index (χ2n) is 7.16. The van der Waals surface area contributed by atoms with E-state index in [4.69, 9.17) is 0 Å². The molecule has 10 heteroatoms. The summed E-state index contributed by atoms with van der Waals surface area (Å²) in [7, 11) is 0. The lowest BCUT2D eigenvalue weighted by Crippen LogP contribution is -2.60. The first-order chi connectivity index (χ1) is 13.9. The number of fused-ring (bicyclic) bond motifs is 1. The number of rotatable bonds is 5. The summed E-state index contributed by atoms with van der Waals surface area (Å²) < 4.78 is 1.68. The molecule has 3 heterocycles. The second-order valence-corrected chi connectivity index (χ2v) is 9.50. The molecule has 0 bridgehead atoms. The number of amides is 2. The highest BCUT2D eigenvalue weighted by Gasteiger charge is 2.45. The predicted molar refractivity (Wildman–Crippen MR) is 113 cm³/mol. The maximum absolute atomic E-state index is 13.4. The van der Waals surface area contributed by atoms with E-state index in [1.165, 1.54) is 11.8 Å². The van der Waals surface area contributed by atoms with E-state index in [0.29, 0.717) is 23.1 Å². The molecule has 8 nitrogen and oxygen atoms in total. The number of para-hydroxylation sites is 2. The third kappa shape index (κ3) is 3.65. The van der Waals surface area contributed by atoms with Crippen LogP contribution in [0.3, 0.4) is 0 Å². The molecule has 1 aliphatic heterocycles. The third-order valence-electron chi connectivity index (χ3n) is 4.74. The molecule has 3 aromatic rings. The van der Waals surface area contributed by atoms with E-state index in [0.717, 1.165) is 4.88 Å². The zero-order valence-electron chi connectivity index (χ0n) is 16.2. The summed E-state index contributed by atoms with van der Waals surface area (Å²) in [4.78, 5) is 28.7. The van der Waals surface area contributed by atoms with Crippen molar-refractivity contribution in [1.82, 2.24) is 20.2 Å². The van der Waals surface area contributed by atoms with E-state index < -0.39 is 10.8 Å². The average Bonchev–Trinajstić information content (AvgIpc) is 3.35. The van der Waals surface area contributed by atoms with E-state index in [1.54, 1.807) is 40.8 Å². The molecule has 1 atom stereocenters. The number of thiophene rings is 1. The van der Waals surface area contributed by atoms with Crippen LogP contribution in [0.25, 0.3) is 0 Å². The number of hydrogen-bond acceptors (Lipinski definition) is 7. The number of nitrogens with zero attached hydrogens (tertiary/aromatic N) is 5. The molecule has 1 aromatic carbocycles. The number of thioether (sulfide) groups is 1. The third-order valence-corrected chi connectivity index (χ3v) is 6.66. The van der Waals surface area contributed by atoms with Crippen molar-refractivity contribution in [2.45, 2.75) is 43.3 Å². The first-order valence-electron chi connectivity index (χ1n) is 9.07. The Balaban J connectivity index is 1.58. The molecule has 1 N–H and O–H groups in total. The molecule has 2 amide bonds. The Kier molecular flexibility index (Phi) is 5.13. The van der Waals surface area contributed by atoms with Gasteiger partial charge in [-0.15, -0.1) is 16.4 Å². The van der Waals surface area contributed by atoms with Crippen LogP contribution in [0, 0.1) is 0 Å². The molecule has 0 saturated carbocycles. The van der Waals surface area contributed by atoms with Gasteiger partial charge in [0.25, 0.3) is 0 Å². The van der Waals surface area contributed by atoms with Gasteiger partial charge in [-0.2, -0.15) is 0 Å². The fraction of sp³-hybridized carbons (Fsp3) is 0.316. The molecule has 4 rings (SSSR count). The number of nitrogens with one attached hydrogen (secondary N) is 1. The largest absolute Gasteiger partial charge is 0.322 e. The number of carbonyl (C=O) groups is 2. The summed E-state index contributed by atoms with van der Waals surface area (Å²) in [6.07, 6.45) is 0. The minimum Gasteiger partial charge on any atom is -0.322 e. The van der Waals surface area contributed by atoms with Crippen molar-refractivity contribution >= 4 is 46.3 Å². The molecule has 29 heavy (non-hydrogen) atoms. The van der Waals surface area contributed by atoms with Gasteiger partial charge in [0, 0.05) is 4.88 Å². The zero-order chi connectivity index (χ0) is 20.6. The number of anilines is 2. The van der Waals surface area contributed by atoms with Gasteiger partial charge in [-0.05, 0) is 54.8 Å². The Bertz CT molecular complexity index is 1050. The van der Waals surface area contributed by atoms with Gasteiger partial charge in [-0.3, -0.25) is 14.5 Å². The SMILES string of the molecule is C[C@@H](Sc1nnnn1Cc1cccs1)C(=O)N1c2ccccc2NC(=O)C1(C)C. The summed E-state index contributed by atoms with van der Waals surface area (Å²) in [6.45, 7) is 5.85. The first-order valence-corrected chi connectivity index (χ1v) is 10.8. The summed E-state index contributed by atoms with van der Waals surface area (Å²) >= 11 is 2.91. The molecule has 0 aliphatic carbocycles. The van der Waals surface area contributed by atoms with Crippen molar-refractivity contribution in [2.75, 3.05) is 10.2 Å². The number of benzene rings is 1. The van der Waals surface area contributed by atoms with Crippen molar-refractivity contribution in [3.63, 3.8) is 0 Å². The van der Waals surface area contributed by atoms with Gasteiger partial charge in [0.15, 0.2) is 0 Å². The number of hydrogen-bond donors (Lipinski definition) is 1. The predicted octanol–water partition coefficient (Wildman–Crippen LogP) is 3.03. The van der Waals surface area contributed by atoms with Crippen LogP contribution in [0.5, 0.6) is 0 Å². The Morgan fingerprint density at radius 1 is 1.28 bits per heavy atom. The molecule has 0 radical (unpaired) electrons. The molecule has 0 saturated heterocycles. The van der Waals surface area contributed by atoms with Gasteiger partial charge >= 0.3 is 0 Å². The highest BCUT2D eigenvalue weighted by molar-refractivity contribution is 8.00. The number of carbonyl (C=O) groups excluding carboxylic acids is 2. The molecule has 0 fully saturated rings. The Morgan fingerprint density at radius 2 is 2.07 bits per heavy atom. The van der Waals surface area contributed by atoms with Crippen molar-refractivity contribution < 1.29 is 9.59 Å². The number of tetrazole rings is 1. The molecule has 150 valence electrons. The fourth-order valence-corrected chi connectivity index (χ4v) is 4.68. The Morgan fingerprint density at radius 3 is 2.83 bits per heavy atom. The van der Waals surface area contributed by atoms with Gasteiger partial charge < -0.3 is 5.32 Å². The van der Waals surface area contributed by atoms with Crippen molar-refractivity contribution in [1.29, 1.82) is 0 Å². The maximum atomic E-state index is 13.4. The molecule has 0 spiro atoms. The topological polar surface area (TPSA) is 93.0 Å². The van der Waals surface area contributed by atoms with Crippen LogP contribution in [0.15, 0.2) is 46.9 Å². The van der Waals surface area contributed by atoms with Crippen LogP contribution < -0.4 is 10.2 Å². The van der Waals surface area contributed by atoms with Crippen LogP contribution in [-0.4, -0.2) is 42.8 Å². The molecular formula is C19H20N6O2S2. The summed E-state index contributed by atoms with van der Waals surface area (Å²) in [5.74, 6) is -0.391. The lowest BCUT2D eigenvalue weighted by atomic mass is 9.96. The van der Waals surface area contributed by atoms with Gasteiger partial charge in [-0.1, -0.05) is 30.0 Å². The van der Waals surface area contributed by atoms with E-state index in [-0.39, 0.29) is 11.8 Å². The van der Waals surface area contributed by atoms with Crippen molar-refractivity contribution in [3.8, 4) is 0 Å².